The second-order valence-electron chi connectivity index (χ2n) is 3.27. The first-order valence-corrected chi connectivity index (χ1v) is 6.30. The number of hydrogen-bond donors (Lipinski definition) is 1. The summed E-state index contributed by atoms with van der Waals surface area (Å²) in [6.07, 6.45) is 3.59. The Hall–Kier alpha value is 0.0700. The fourth-order valence-corrected chi connectivity index (χ4v) is 3.45. The van der Waals surface area contributed by atoms with Gasteiger partial charge in [-0.05, 0) is 41.7 Å². The lowest BCUT2D eigenvalue weighted by Crippen LogP contribution is -2.12. The van der Waals surface area contributed by atoms with Gasteiger partial charge in [-0.25, -0.2) is 4.98 Å². The molecule has 1 aliphatic heterocycles. The number of aromatic nitrogens is 1. The van der Waals surface area contributed by atoms with Crippen molar-refractivity contribution in [3.05, 3.63) is 14.5 Å². The largest absolute Gasteiger partial charge is 0.308 e. The van der Waals surface area contributed by atoms with E-state index in [4.69, 9.17) is 0 Å². The molecule has 0 radical (unpaired) electrons. The first-order valence-electron chi connectivity index (χ1n) is 4.69. The number of thiazole rings is 1. The lowest BCUT2D eigenvalue weighted by molar-refractivity contribution is 0.642. The molecule has 2 heterocycles. The van der Waals surface area contributed by atoms with E-state index < -0.39 is 0 Å². The Labute approximate surface area is 90.9 Å². The third-order valence-corrected chi connectivity index (χ3v) is 4.58. The van der Waals surface area contributed by atoms with Crippen LogP contribution in [0.25, 0.3) is 0 Å². The molecule has 13 heavy (non-hydrogen) atoms. The zero-order valence-electron chi connectivity index (χ0n) is 7.64. The van der Waals surface area contributed by atoms with Crippen LogP contribution < -0.4 is 5.32 Å². The van der Waals surface area contributed by atoms with E-state index in [1.165, 1.54) is 22.7 Å². The molecule has 1 N–H and O–H groups in total. The molecule has 0 spiro atoms. The summed E-state index contributed by atoms with van der Waals surface area (Å²) in [4.78, 5) is 5.90. The van der Waals surface area contributed by atoms with Gasteiger partial charge >= 0.3 is 0 Å². The van der Waals surface area contributed by atoms with E-state index in [-0.39, 0.29) is 0 Å². The first-order chi connectivity index (χ1) is 6.31. The van der Waals surface area contributed by atoms with Crippen molar-refractivity contribution in [2.75, 3.05) is 6.54 Å². The maximum absolute atomic E-state index is 4.54. The van der Waals surface area contributed by atoms with E-state index in [2.05, 4.69) is 33.2 Å². The summed E-state index contributed by atoms with van der Waals surface area (Å²) in [5.41, 5.74) is 0. The van der Waals surface area contributed by atoms with Crippen molar-refractivity contribution in [2.45, 2.75) is 32.2 Å². The maximum Gasteiger partial charge on any atom is 0.120 e. The van der Waals surface area contributed by atoms with Crippen molar-refractivity contribution in [3.8, 4) is 0 Å². The van der Waals surface area contributed by atoms with Gasteiger partial charge in [0.05, 0.1) is 6.04 Å². The number of aryl methyl sites for hydroxylation is 1. The highest BCUT2D eigenvalue weighted by Gasteiger charge is 2.20. The third-order valence-electron chi connectivity index (χ3n) is 2.35. The van der Waals surface area contributed by atoms with Crippen LogP contribution in [-0.4, -0.2) is 11.5 Å². The van der Waals surface area contributed by atoms with Crippen LogP contribution in [0.15, 0.2) is 4.60 Å². The minimum Gasteiger partial charge on any atom is -0.308 e. The minimum absolute atomic E-state index is 0.515. The highest BCUT2D eigenvalue weighted by Crippen LogP contribution is 2.31. The van der Waals surface area contributed by atoms with Gasteiger partial charge in [-0.1, -0.05) is 6.92 Å². The summed E-state index contributed by atoms with van der Waals surface area (Å²) in [6.45, 7) is 3.31. The van der Waals surface area contributed by atoms with E-state index in [0.717, 1.165) is 17.6 Å². The fraction of sp³-hybridized carbons (Fsp3) is 0.667. The molecule has 0 aromatic carbocycles. The molecule has 0 aliphatic carbocycles. The van der Waals surface area contributed by atoms with Gasteiger partial charge in [-0.2, -0.15) is 0 Å². The van der Waals surface area contributed by atoms with Crippen molar-refractivity contribution in [1.82, 2.24) is 10.3 Å². The summed E-state index contributed by atoms with van der Waals surface area (Å²) in [7, 11) is 0. The quantitative estimate of drug-likeness (QED) is 0.885. The van der Waals surface area contributed by atoms with Crippen molar-refractivity contribution >= 4 is 27.3 Å². The summed E-state index contributed by atoms with van der Waals surface area (Å²) in [5, 5.41) is 4.72. The van der Waals surface area contributed by atoms with Crippen LogP contribution in [0, 0.1) is 0 Å². The predicted molar refractivity (Wildman–Crippen MR) is 59.2 cm³/mol. The topological polar surface area (TPSA) is 24.9 Å². The molecule has 2 nitrogen and oxygen atoms in total. The van der Waals surface area contributed by atoms with Crippen LogP contribution in [0.2, 0.25) is 0 Å². The predicted octanol–water partition coefficient (Wildman–Crippen LogP) is 2.89. The molecule has 1 fully saturated rings. The van der Waals surface area contributed by atoms with Gasteiger partial charge in [-0.15, -0.1) is 11.3 Å². The standard InChI is InChI=1S/C9H13BrN2S/c1-2-7-8(10)12-9(13-7)6-4-3-5-11-6/h6,11H,2-5H2,1H3. The second-order valence-corrected chi connectivity index (χ2v) is 5.13. The highest BCUT2D eigenvalue weighted by atomic mass is 79.9. The van der Waals surface area contributed by atoms with E-state index >= 15 is 0 Å². The van der Waals surface area contributed by atoms with Gasteiger partial charge in [0.15, 0.2) is 0 Å². The van der Waals surface area contributed by atoms with Gasteiger partial charge in [0.1, 0.15) is 9.61 Å². The van der Waals surface area contributed by atoms with E-state index in [0.29, 0.717) is 6.04 Å². The molecule has 0 amide bonds. The molecule has 72 valence electrons. The molecule has 1 aromatic rings. The Morgan fingerprint density at radius 2 is 2.54 bits per heavy atom. The van der Waals surface area contributed by atoms with Crippen molar-refractivity contribution in [1.29, 1.82) is 0 Å². The highest BCUT2D eigenvalue weighted by molar-refractivity contribution is 9.10. The average molecular weight is 261 g/mol. The summed E-state index contributed by atoms with van der Waals surface area (Å²) >= 11 is 5.33. The summed E-state index contributed by atoms with van der Waals surface area (Å²) < 4.78 is 1.05. The number of hydrogen-bond acceptors (Lipinski definition) is 3. The van der Waals surface area contributed by atoms with Crippen LogP contribution in [0.5, 0.6) is 0 Å². The zero-order valence-corrected chi connectivity index (χ0v) is 10.0. The first kappa shape index (κ1) is 9.62. The van der Waals surface area contributed by atoms with E-state index in [9.17, 15) is 0 Å². The Morgan fingerprint density at radius 3 is 3.08 bits per heavy atom. The lowest BCUT2D eigenvalue weighted by Gasteiger charge is -2.03. The zero-order chi connectivity index (χ0) is 9.26. The molecule has 1 saturated heterocycles. The van der Waals surface area contributed by atoms with Crippen LogP contribution >= 0.6 is 27.3 Å². The van der Waals surface area contributed by atoms with Crippen molar-refractivity contribution < 1.29 is 0 Å². The SMILES string of the molecule is CCc1sc(C2CCCN2)nc1Br. The van der Waals surface area contributed by atoms with Crippen LogP contribution in [0.1, 0.15) is 35.7 Å². The second kappa shape index (κ2) is 4.07. The van der Waals surface area contributed by atoms with Gasteiger partial charge in [-0.3, -0.25) is 0 Å². The van der Waals surface area contributed by atoms with Gasteiger partial charge in [0.25, 0.3) is 0 Å². The molecule has 4 heteroatoms. The summed E-state index contributed by atoms with van der Waals surface area (Å²) in [6, 6.07) is 0.515. The molecule has 1 aromatic heterocycles. The monoisotopic (exact) mass is 260 g/mol. The Morgan fingerprint density at radius 1 is 1.69 bits per heavy atom. The van der Waals surface area contributed by atoms with E-state index in [1.54, 1.807) is 0 Å². The van der Waals surface area contributed by atoms with Gasteiger partial charge < -0.3 is 5.32 Å². The molecule has 1 unspecified atom stereocenters. The average Bonchev–Trinajstić information content (AvgIpc) is 2.71. The van der Waals surface area contributed by atoms with Crippen LogP contribution in [0.4, 0.5) is 0 Å². The molecule has 1 atom stereocenters. The smallest absolute Gasteiger partial charge is 0.120 e. The van der Waals surface area contributed by atoms with Crippen molar-refractivity contribution in [3.63, 3.8) is 0 Å². The molecule has 1 aliphatic rings. The normalized spacial score (nSPS) is 22.5. The number of nitrogens with one attached hydrogen (secondary N) is 1. The van der Waals surface area contributed by atoms with Crippen molar-refractivity contribution in [2.24, 2.45) is 0 Å². The Bertz CT molecular complexity index is 292. The molecule has 2 rings (SSSR count). The molecular weight excluding hydrogens is 248 g/mol. The van der Waals surface area contributed by atoms with Crippen LogP contribution in [-0.2, 0) is 6.42 Å². The Kier molecular flexibility index (Phi) is 3.01. The molecule has 0 saturated carbocycles. The van der Waals surface area contributed by atoms with Gasteiger partial charge in [0, 0.05) is 4.88 Å². The lowest BCUT2D eigenvalue weighted by atomic mass is 10.2. The fourth-order valence-electron chi connectivity index (χ4n) is 1.61. The number of halogens is 1. The van der Waals surface area contributed by atoms with Crippen LogP contribution in [0.3, 0.4) is 0 Å². The molecule has 0 bridgehead atoms. The maximum atomic E-state index is 4.54. The summed E-state index contributed by atoms with van der Waals surface area (Å²) in [5.74, 6) is 0. The van der Waals surface area contributed by atoms with E-state index in [1.807, 2.05) is 11.3 Å². The van der Waals surface area contributed by atoms with Gasteiger partial charge in [0.2, 0.25) is 0 Å². The Balaban J connectivity index is 2.20. The minimum atomic E-state index is 0.515. The molecular formula is C9H13BrN2S. The number of rotatable bonds is 2. The third kappa shape index (κ3) is 1.95. The number of nitrogens with zero attached hydrogens (tertiary/aromatic N) is 1.